The van der Waals surface area contributed by atoms with Crippen molar-refractivity contribution in [2.24, 2.45) is 5.41 Å². The fraction of sp³-hybridized carbons (Fsp3) is 0.385. The highest BCUT2D eigenvalue weighted by atomic mass is 35.5. The number of carboxylic acid groups (broad SMARTS) is 1. The Hall–Kier alpha value is -1.75. The summed E-state index contributed by atoms with van der Waals surface area (Å²) in [5, 5.41) is 9.35. The molecule has 0 atom stereocenters. The molecule has 104 valence electrons. The molecule has 5 nitrogen and oxygen atoms in total. The minimum absolute atomic E-state index is 0.0961. The summed E-state index contributed by atoms with van der Waals surface area (Å²) in [5.74, 6) is -0.514. The van der Waals surface area contributed by atoms with Crippen LogP contribution in [0.5, 0.6) is 11.5 Å². The van der Waals surface area contributed by atoms with Crippen LogP contribution in [-0.2, 0) is 4.79 Å². The van der Waals surface area contributed by atoms with Gasteiger partial charge in [-0.15, -0.1) is 0 Å². The molecule has 0 saturated carbocycles. The molecule has 0 amide bonds. The summed E-state index contributed by atoms with van der Waals surface area (Å²) in [5.41, 5.74) is -0.865. The maximum atomic E-state index is 11.0. The van der Waals surface area contributed by atoms with Crippen molar-refractivity contribution in [2.75, 3.05) is 13.7 Å². The summed E-state index contributed by atoms with van der Waals surface area (Å²) < 4.78 is 10.5. The van der Waals surface area contributed by atoms with Crippen LogP contribution in [0.15, 0.2) is 12.1 Å². The number of aliphatic carboxylic acids is 1. The topological polar surface area (TPSA) is 72.8 Å². The molecule has 0 aliphatic carbocycles. The summed E-state index contributed by atoms with van der Waals surface area (Å²) in [4.78, 5) is 22.0. The second-order valence-electron chi connectivity index (χ2n) is 4.62. The van der Waals surface area contributed by atoms with E-state index in [2.05, 4.69) is 0 Å². The smallest absolute Gasteiger partial charge is 0.312 e. The van der Waals surface area contributed by atoms with E-state index in [1.54, 1.807) is 0 Å². The van der Waals surface area contributed by atoms with Crippen LogP contribution in [0.1, 0.15) is 24.2 Å². The fourth-order valence-corrected chi connectivity index (χ4v) is 1.51. The summed E-state index contributed by atoms with van der Waals surface area (Å²) in [6.07, 6.45) is 0.581. The zero-order valence-electron chi connectivity index (χ0n) is 10.9. The molecule has 0 saturated heterocycles. The summed E-state index contributed by atoms with van der Waals surface area (Å²) >= 11 is 5.83. The predicted molar refractivity (Wildman–Crippen MR) is 70.3 cm³/mol. The highest BCUT2D eigenvalue weighted by Crippen LogP contribution is 2.34. The summed E-state index contributed by atoms with van der Waals surface area (Å²) in [6, 6.07) is 2.93. The van der Waals surface area contributed by atoms with E-state index in [1.807, 2.05) is 0 Å². The number of hydrogen-bond acceptors (Lipinski definition) is 4. The fourth-order valence-electron chi connectivity index (χ4n) is 1.30. The molecule has 1 N–H and O–H groups in total. The molecule has 0 aliphatic rings. The van der Waals surface area contributed by atoms with E-state index in [4.69, 9.17) is 26.2 Å². The van der Waals surface area contributed by atoms with Crippen molar-refractivity contribution >= 4 is 23.9 Å². The number of carbonyl (C=O) groups is 2. The molecule has 0 spiro atoms. The van der Waals surface area contributed by atoms with Gasteiger partial charge in [0.1, 0.15) is 6.61 Å². The third-order valence-electron chi connectivity index (χ3n) is 2.55. The third-order valence-corrected chi connectivity index (χ3v) is 2.77. The first-order valence-corrected chi connectivity index (χ1v) is 5.88. The van der Waals surface area contributed by atoms with Crippen LogP contribution in [0, 0.1) is 5.41 Å². The molecule has 0 radical (unpaired) electrons. The van der Waals surface area contributed by atoms with E-state index < -0.39 is 11.4 Å². The van der Waals surface area contributed by atoms with E-state index in [0.29, 0.717) is 11.3 Å². The number of halogens is 1. The van der Waals surface area contributed by atoms with Crippen molar-refractivity contribution in [3.63, 3.8) is 0 Å². The maximum Gasteiger partial charge on any atom is 0.312 e. The number of rotatable bonds is 6. The first kappa shape index (κ1) is 15.3. The number of carbonyl (C=O) groups excluding carboxylic acids is 1. The second-order valence-corrected chi connectivity index (χ2v) is 5.06. The zero-order chi connectivity index (χ0) is 14.6. The molecule has 0 heterocycles. The van der Waals surface area contributed by atoms with Crippen molar-refractivity contribution < 1.29 is 24.2 Å². The molecule has 0 unspecified atom stereocenters. The first-order chi connectivity index (χ1) is 8.81. The molecule has 0 aliphatic heterocycles. The Morgan fingerprint density at radius 1 is 1.47 bits per heavy atom. The van der Waals surface area contributed by atoms with Gasteiger partial charge in [-0.05, 0) is 19.9 Å². The van der Waals surface area contributed by atoms with E-state index in [0.717, 1.165) is 0 Å². The SMILES string of the molecule is COc1cc(Cl)cc(C=O)c1OCC(C)(C)C(=O)O. The van der Waals surface area contributed by atoms with Gasteiger partial charge < -0.3 is 14.6 Å². The monoisotopic (exact) mass is 286 g/mol. The number of hydrogen-bond donors (Lipinski definition) is 1. The standard InChI is InChI=1S/C13H15ClO5/c1-13(2,12(16)17)7-19-11-8(6-15)4-9(14)5-10(11)18-3/h4-6H,7H2,1-3H3,(H,16,17). The van der Waals surface area contributed by atoms with Crippen molar-refractivity contribution in [1.29, 1.82) is 0 Å². The highest BCUT2D eigenvalue weighted by molar-refractivity contribution is 6.31. The van der Waals surface area contributed by atoms with Crippen LogP contribution in [0.25, 0.3) is 0 Å². The zero-order valence-corrected chi connectivity index (χ0v) is 11.7. The number of methoxy groups -OCH3 is 1. The molecule has 6 heteroatoms. The lowest BCUT2D eigenvalue weighted by molar-refractivity contribution is -0.148. The molecule has 0 aromatic heterocycles. The number of carboxylic acids is 1. The maximum absolute atomic E-state index is 11.0. The molecular formula is C13H15ClO5. The molecular weight excluding hydrogens is 272 g/mol. The van der Waals surface area contributed by atoms with Gasteiger partial charge in [-0.1, -0.05) is 11.6 Å². The second kappa shape index (κ2) is 5.93. The van der Waals surface area contributed by atoms with E-state index in [9.17, 15) is 9.59 Å². The highest BCUT2D eigenvalue weighted by Gasteiger charge is 2.29. The minimum atomic E-state index is -1.08. The predicted octanol–water partition coefficient (Wildman–Crippen LogP) is 2.65. The van der Waals surface area contributed by atoms with Crippen LogP contribution < -0.4 is 9.47 Å². The molecule has 1 aromatic rings. The van der Waals surface area contributed by atoms with Crippen molar-refractivity contribution in [1.82, 2.24) is 0 Å². The normalized spacial score (nSPS) is 10.9. The Bertz CT molecular complexity index is 496. The number of ether oxygens (including phenoxy) is 2. The lowest BCUT2D eigenvalue weighted by Crippen LogP contribution is -2.31. The Morgan fingerprint density at radius 3 is 2.58 bits per heavy atom. The lowest BCUT2D eigenvalue weighted by atomic mass is 9.95. The van der Waals surface area contributed by atoms with Gasteiger partial charge in [0.25, 0.3) is 0 Å². The Morgan fingerprint density at radius 2 is 2.11 bits per heavy atom. The van der Waals surface area contributed by atoms with Gasteiger partial charge >= 0.3 is 5.97 Å². The molecule has 1 rings (SSSR count). The summed E-state index contributed by atoms with van der Waals surface area (Å²) in [6.45, 7) is 2.96. The molecule has 0 bridgehead atoms. The quantitative estimate of drug-likeness (QED) is 0.814. The minimum Gasteiger partial charge on any atom is -0.493 e. The van der Waals surface area contributed by atoms with Crippen LogP contribution in [0.3, 0.4) is 0 Å². The molecule has 19 heavy (non-hydrogen) atoms. The van der Waals surface area contributed by atoms with Gasteiger partial charge in [0, 0.05) is 11.1 Å². The Labute approximate surface area is 116 Å². The average molecular weight is 287 g/mol. The summed E-state index contributed by atoms with van der Waals surface area (Å²) in [7, 11) is 1.41. The van der Waals surface area contributed by atoms with Crippen molar-refractivity contribution in [2.45, 2.75) is 13.8 Å². The average Bonchev–Trinajstić information content (AvgIpc) is 2.35. The van der Waals surface area contributed by atoms with Crippen LogP contribution in [0.4, 0.5) is 0 Å². The lowest BCUT2D eigenvalue weighted by Gasteiger charge is -2.21. The number of aldehydes is 1. The largest absolute Gasteiger partial charge is 0.493 e. The molecule has 0 fully saturated rings. The Balaban J connectivity index is 3.06. The number of benzene rings is 1. The van der Waals surface area contributed by atoms with Gasteiger partial charge in [-0.2, -0.15) is 0 Å². The van der Waals surface area contributed by atoms with Crippen molar-refractivity contribution in [3.05, 3.63) is 22.7 Å². The van der Waals surface area contributed by atoms with Gasteiger partial charge in [0.15, 0.2) is 17.8 Å². The van der Waals surface area contributed by atoms with E-state index in [-0.39, 0.29) is 23.7 Å². The Kier molecular flexibility index (Phi) is 4.78. The van der Waals surface area contributed by atoms with E-state index in [1.165, 1.54) is 33.1 Å². The van der Waals surface area contributed by atoms with Gasteiger partial charge in [0.05, 0.1) is 18.1 Å². The van der Waals surface area contributed by atoms with Gasteiger partial charge in [-0.3, -0.25) is 9.59 Å². The van der Waals surface area contributed by atoms with Crippen molar-refractivity contribution in [3.8, 4) is 11.5 Å². The molecule has 1 aromatic carbocycles. The third kappa shape index (κ3) is 3.61. The van der Waals surface area contributed by atoms with Crippen LogP contribution in [0.2, 0.25) is 5.02 Å². The van der Waals surface area contributed by atoms with Crippen LogP contribution in [-0.4, -0.2) is 31.1 Å². The first-order valence-electron chi connectivity index (χ1n) is 5.50. The van der Waals surface area contributed by atoms with Gasteiger partial charge in [0.2, 0.25) is 0 Å². The van der Waals surface area contributed by atoms with Crippen LogP contribution >= 0.6 is 11.6 Å². The van der Waals surface area contributed by atoms with E-state index >= 15 is 0 Å². The van der Waals surface area contributed by atoms with Gasteiger partial charge in [-0.25, -0.2) is 0 Å².